The fourth-order valence-electron chi connectivity index (χ4n) is 2.34. The summed E-state index contributed by atoms with van der Waals surface area (Å²) in [5.41, 5.74) is -1.30. The Kier molecular flexibility index (Phi) is 5.92. The van der Waals surface area contributed by atoms with Crippen molar-refractivity contribution in [1.82, 2.24) is 9.80 Å². The fraction of sp³-hybridized carbons (Fsp3) is 0.562. The Morgan fingerprint density at radius 1 is 1.43 bits per heavy atom. The monoisotopic (exact) mass is 326 g/mol. The summed E-state index contributed by atoms with van der Waals surface area (Å²) in [6, 6.07) is 5.56. The maximum absolute atomic E-state index is 12.9. The zero-order valence-electron chi connectivity index (χ0n) is 13.5. The van der Waals surface area contributed by atoms with Gasteiger partial charge in [0.05, 0.1) is 26.3 Å². The SMILES string of the molecule is CN(C)CC(=O)N1CCOC[C@](O)(COc2ccc(F)cc2)C1. The molecule has 7 heteroatoms. The van der Waals surface area contributed by atoms with Crippen LogP contribution in [0.3, 0.4) is 0 Å². The van der Waals surface area contributed by atoms with Crippen LogP contribution in [0.1, 0.15) is 0 Å². The first-order valence-corrected chi connectivity index (χ1v) is 7.49. The number of likely N-dealkylation sites (N-methyl/N-ethyl adjacent to an activating group) is 1. The van der Waals surface area contributed by atoms with Crippen LogP contribution >= 0.6 is 0 Å². The number of hydrogen-bond donors (Lipinski definition) is 1. The van der Waals surface area contributed by atoms with Crippen molar-refractivity contribution in [2.24, 2.45) is 0 Å². The first-order chi connectivity index (χ1) is 10.9. The second-order valence-corrected chi connectivity index (χ2v) is 6.07. The van der Waals surface area contributed by atoms with E-state index < -0.39 is 5.60 Å². The van der Waals surface area contributed by atoms with Gasteiger partial charge in [-0.15, -0.1) is 0 Å². The topological polar surface area (TPSA) is 62.2 Å². The molecule has 0 bridgehead atoms. The first kappa shape index (κ1) is 17.7. The summed E-state index contributed by atoms with van der Waals surface area (Å²) in [6.45, 7) is 1.27. The normalized spacial score (nSPS) is 22.0. The number of carbonyl (C=O) groups is 1. The van der Waals surface area contributed by atoms with E-state index in [1.165, 1.54) is 24.3 Å². The van der Waals surface area contributed by atoms with Crippen LogP contribution in [0.2, 0.25) is 0 Å². The highest BCUT2D eigenvalue weighted by atomic mass is 19.1. The molecule has 1 N–H and O–H groups in total. The molecule has 1 aliphatic heterocycles. The Hall–Kier alpha value is -1.70. The maximum Gasteiger partial charge on any atom is 0.236 e. The minimum Gasteiger partial charge on any atom is -0.490 e. The lowest BCUT2D eigenvalue weighted by molar-refractivity contribution is -0.135. The number of nitrogens with zero attached hydrogens (tertiary/aromatic N) is 2. The van der Waals surface area contributed by atoms with Gasteiger partial charge in [0, 0.05) is 6.54 Å². The van der Waals surface area contributed by atoms with Crippen LogP contribution in [-0.4, -0.2) is 80.0 Å². The summed E-state index contributed by atoms with van der Waals surface area (Å²) in [5, 5.41) is 10.7. The average molecular weight is 326 g/mol. The number of carbonyl (C=O) groups excluding carboxylic acids is 1. The van der Waals surface area contributed by atoms with Crippen LogP contribution in [0.25, 0.3) is 0 Å². The summed E-state index contributed by atoms with van der Waals surface area (Å²) in [5.74, 6) is 0.0327. The van der Waals surface area contributed by atoms with Gasteiger partial charge < -0.3 is 24.4 Å². The van der Waals surface area contributed by atoms with Crippen LogP contribution in [0.4, 0.5) is 4.39 Å². The van der Waals surface area contributed by atoms with E-state index in [0.717, 1.165) is 0 Å². The molecule has 0 spiro atoms. The first-order valence-electron chi connectivity index (χ1n) is 7.49. The predicted molar refractivity (Wildman–Crippen MR) is 82.8 cm³/mol. The Morgan fingerprint density at radius 3 is 2.78 bits per heavy atom. The van der Waals surface area contributed by atoms with Gasteiger partial charge in [0.2, 0.25) is 5.91 Å². The highest BCUT2D eigenvalue weighted by Crippen LogP contribution is 2.17. The Labute approximate surface area is 135 Å². The molecule has 1 amide bonds. The van der Waals surface area contributed by atoms with Gasteiger partial charge in [-0.3, -0.25) is 4.79 Å². The van der Waals surface area contributed by atoms with Crippen LogP contribution in [0, 0.1) is 5.82 Å². The standard InChI is InChI=1S/C16H23FN2O4/c1-18(2)9-15(20)19-7-8-22-11-16(21,10-19)12-23-14-5-3-13(17)4-6-14/h3-6,21H,7-12H2,1-2H3/t16-/m0/s1. The van der Waals surface area contributed by atoms with Gasteiger partial charge in [0.1, 0.15) is 23.8 Å². The predicted octanol–water partition coefficient (Wildman–Crippen LogP) is 0.356. The molecule has 0 saturated carbocycles. The van der Waals surface area contributed by atoms with E-state index in [1.54, 1.807) is 9.80 Å². The van der Waals surface area contributed by atoms with Gasteiger partial charge in [-0.05, 0) is 38.4 Å². The zero-order valence-corrected chi connectivity index (χ0v) is 13.5. The number of amides is 1. The van der Waals surface area contributed by atoms with Crippen molar-refractivity contribution in [2.75, 3.05) is 53.6 Å². The third-order valence-electron chi connectivity index (χ3n) is 3.49. The molecule has 1 aliphatic rings. The Bertz CT molecular complexity index is 523. The lowest BCUT2D eigenvalue weighted by Gasteiger charge is -2.31. The molecular formula is C16H23FN2O4. The van der Waals surface area contributed by atoms with Gasteiger partial charge in [0.25, 0.3) is 0 Å². The van der Waals surface area contributed by atoms with Crippen LogP contribution in [-0.2, 0) is 9.53 Å². The van der Waals surface area contributed by atoms with Crippen molar-refractivity contribution in [3.8, 4) is 5.75 Å². The molecule has 1 atom stereocenters. The lowest BCUT2D eigenvalue weighted by Crippen LogP contribution is -2.51. The van der Waals surface area contributed by atoms with Crippen molar-refractivity contribution in [2.45, 2.75) is 5.60 Å². The fourth-order valence-corrected chi connectivity index (χ4v) is 2.34. The zero-order chi connectivity index (χ0) is 16.9. The van der Waals surface area contributed by atoms with Gasteiger partial charge in [-0.1, -0.05) is 0 Å². The minimum atomic E-state index is -1.30. The van der Waals surface area contributed by atoms with E-state index in [4.69, 9.17) is 9.47 Å². The summed E-state index contributed by atoms with van der Waals surface area (Å²) in [4.78, 5) is 15.6. The van der Waals surface area contributed by atoms with Crippen molar-refractivity contribution in [3.63, 3.8) is 0 Å². The molecular weight excluding hydrogens is 303 g/mol. The molecule has 0 aliphatic carbocycles. The van der Waals surface area contributed by atoms with E-state index in [2.05, 4.69) is 0 Å². The summed E-state index contributed by atoms with van der Waals surface area (Å²) >= 11 is 0. The van der Waals surface area contributed by atoms with Gasteiger partial charge in [0.15, 0.2) is 0 Å². The average Bonchev–Trinajstić information content (AvgIpc) is 2.69. The minimum absolute atomic E-state index is 0.0373. The molecule has 2 rings (SSSR count). The molecule has 6 nitrogen and oxygen atoms in total. The van der Waals surface area contributed by atoms with Gasteiger partial charge in [-0.25, -0.2) is 4.39 Å². The van der Waals surface area contributed by atoms with Crippen molar-refractivity contribution in [1.29, 1.82) is 0 Å². The number of rotatable bonds is 5. The molecule has 0 radical (unpaired) electrons. The van der Waals surface area contributed by atoms with E-state index >= 15 is 0 Å². The molecule has 128 valence electrons. The molecule has 0 aromatic heterocycles. The van der Waals surface area contributed by atoms with E-state index in [9.17, 15) is 14.3 Å². The second kappa shape index (κ2) is 7.72. The Balaban J connectivity index is 1.97. The van der Waals surface area contributed by atoms with Crippen LogP contribution < -0.4 is 4.74 Å². The number of ether oxygens (including phenoxy) is 2. The van der Waals surface area contributed by atoms with E-state index in [-0.39, 0.29) is 38.0 Å². The second-order valence-electron chi connectivity index (χ2n) is 6.07. The van der Waals surface area contributed by atoms with Crippen molar-refractivity contribution in [3.05, 3.63) is 30.1 Å². The third kappa shape index (κ3) is 5.46. The molecule has 1 heterocycles. The Morgan fingerprint density at radius 2 is 2.13 bits per heavy atom. The lowest BCUT2D eigenvalue weighted by atomic mass is 10.1. The third-order valence-corrected chi connectivity index (χ3v) is 3.49. The summed E-state index contributed by atoms with van der Waals surface area (Å²) in [7, 11) is 3.63. The molecule has 1 aromatic rings. The molecule has 1 saturated heterocycles. The summed E-state index contributed by atoms with van der Waals surface area (Å²) in [6.07, 6.45) is 0. The molecule has 23 heavy (non-hydrogen) atoms. The highest BCUT2D eigenvalue weighted by molar-refractivity contribution is 5.78. The number of β-amino-alcohol motifs (C(OH)–C–C–N with tert-alkyl or cyclic N) is 1. The number of aliphatic hydroxyl groups is 1. The smallest absolute Gasteiger partial charge is 0.236 e. The largest absolute Gasteiger partial charge is 0.490 e. The number of hydrogen-bond acceptors (Lipinski definition) is 5. The molecule has 0 unspecified atom stereocenters. The number of benzene rings is 1. The van der Waals surface area contributed by atoms with Crippen LogP contribution in [0.15, 0.2) is 24.3 Å². The number of halogens is 1. The molecule has 1 fully saturated rings. The van der Waals surface area contributed by atoms with Gasteiger partial charge in [-0.2, -0.15) is 0 Å². The quantitative estimate of drug-likeness (QED) is 0.846. The molecule has 1 aromatic carbocycles. The highest BCUT2D eigenvalue weighted by Gasteiger charge is 2.35. The van der Waals surface area contributed by atoms with E-state index in [1.807, 2.05) is 14.1 Å². The van der Waals surface area contributed by atoms with Crippen molar-refractivity contribution >= 4 is 5.91 Å². The van der Waals surface area contributed by atoms with E-state index in [0.29, 0.717) is 18.9 Å². The maximum atomic E-state index is 12.9. The van der Waals surface area contributed by atoms with Crippen LogP contribution in [0.5, 0.6) is 5.75 Å². The summed E-state index contributed by atoms with van der Waals surface area (Å²) < 4.78 is 23.8. The van der Waals surface area contributed by atoms with Gasteiger partial charge >= 0.3 is 0 Å². The van der Waals surface area contributed by atoms with Crippen molar-refractivity contribution < 1.29 is 23.8 Å².